The van der Waals surface area contributed by atoms with Crippen LogP contribution >= 0.6 is 0 Å². The predicted octanol–water partition coefficient (Wildman–Crippen LogP) is -0.0107. The Bertz CT molecular complexity index is 553. The second kappa shape index (κ2) is 9.32. The fourth-order valence-corrected chi connectivity index (χ4v) is 2.60. The molecule has 0 saturated carbocycles. The lowest BCUT2D eigenvalue weighted by atomic mass is 9.98. The molecule has 7 heteroatoms. The highest BCUT2D eigenvalue weighted by Gasteiger charge is 2.15. The highest BCUT2D eigenvalue weighted by molar-refractivity contribution is 5.77. The molecule has 1 aliphatic heterocycles. The van der Waals surface area contributed by atoms with Crippen molar-refractivity contribution in [2.45, 2.75) is 19.4 Å². The molecule has 1 amide bonds. The van der Waals surface area contributed by atoms with Gasteiger partial charge < -0.3 is 24.7 Å². The van der Waals surface area contributed by atoms with E-state index >= 15 is 0 Å². The molecule has 7 nitrogen and oxygen atoms in total. The van der Waals surface area contributed by atoms with E-state index in [2.05, 4.69) is 10.6 Å². The number of hydrogen-bond donors (Lipinski definition) is 2. The molecule has 2 rings (SSSR count). The number of nitrogens with zero attached hydrogens (tertiary/aromatic N) is 1. The third kappa shape index (κ3) is 5.69. The van der Waals surface area contributed by atoms with E-state index in [0.29, 0.717) is 25.6 Å². The number of carbonyl (C=O) groups excluding carboxylic acids is 1. The van der Waals surface area contributed by atoms with Crippen molar-refractivity contribution in [3.63, 3.8) is 0 Å². The Hall–Kier alpha value is -1.86. The average molecular weight is 323 g/mol. The van der Waals surface area contributed by atoms with Crippen LogP contribution in [-0.4, -0.2) is 50.4 Å². The number of rotatable bonds is 8. The maximum atomic E-state index is 12.4. The van der Waals surface area contributed by atoms with Gasteiger partial charge in [-0.2, -0.15) is 0 Å². The van der Waals surface area contributed by atoms with E-state index in [4.69, 9.17) is 9.47 Å². The van der Waals surface area contributed by atoms with Crippen LogP contribution in [0.4, 0.5) is 0 Å². The number of carbonyl (C=O) groups is 1. The number of amides is 1. The maximum Gasteiger partial charge on any atom is 0.292 e. The molecule has 23 heavy (non-hydrogen) atoms. The zero-order chi connectivity index (χ0) is 16.5. The van der Waals surface area contributed by atoms with Crippen LogP contribution in [0.15, 0.2) is 23.1 Å². The third-order valence-electron chi connectivity index (χ3n) is 3.89. The van der Waals surface area contributed by atoms with Crippen molar-refractivity contribution >= 4 is 5.91 Å². The van der Waals surface area contributed by atoms with Gasteiger partial charge in [0.15, 0.2) is 12.4 Å². The van der Waals surface area contributed by atoms with Gasteiger partial charge in [-0.1, -0.05) is 0 Å². The van der Waals surface area contributed by atoms with Crippen molar-refractivity contribution in [3.05, 3.63) is 28.7 Å². The Morgan fingerprint density at radius 2 is 2.22 bits per heavy atom. The molecule has 0 radical (unpaired) electrons. The minimum absolute atomic E-state index is 0.170. The summed E-state index contributed by atoms with van der Waals surface area (Å²) in [5, 5.41) is 5.96. The number of hydrogen-bond acceptors (Lipinski definition) is 5. The van der Waals surface area contributed by atoms with Crippen molar-refractivity contribution in [2.75, 3.05) is 40.0 Å². The summed E-state index contributed by atoms with van der Waals surface area (Å²) in [4.78, 5) is 24.0. The maximum absolute atomic E-state index is 12.4. The Kier molecular flexibility index (Phi) is 7.09. The number of pyridine rings is 1. The lowest BCUT2D eigenvalue weighted by Crippen LogP contribution is -2.34. The Labute approximate surface area is 136 Å². The van der Waals surface area contributed by atoms with E-state index < -0.39 is 0 Å². The molecule has 0 atom stereocenters. The molecular weight excluding hydrogens is 298 g/mol. The van der Waals surface area contributed by atoms with Crippen molar-refractivity contribution in [1.29, 1.82) is 0 Å². The Balaban J connectivity index is 1.88. The molecule has 0 spiro atoms. The second-order valence-electron chi connectivity index (χ2n) is 5.65. The first-order chi connectivity index (χ1) is 11.2. The largest absolute Gasteiger partial charge is 0.478 e. The summed E-state index contributed by atoms with van der Waals surface area (Å²) in [6.45, 7) is 3.39. The molecule has 128 valence electrons. The molecule has 1 saturated heterocycles. The normalized spacial score (nSPS) is 15.3. The topological polar surface area (TPSA) is 81.6 Å². The molecule has 0 bridgehead atoms. The number of aromatic nitrogens is 1. The zero-order valence-corrected chi connectivity index (χ0v) is 13.5. The Morgan fingerprint density at radius 1 is 1.43 bits per heavy atom. The van der Waals surface area contributed by atoms with Gasteiger partial charge in [-0.05, 0) is 44.0 Å². The van der Waals surface area contributed by atoms with Crippen LogP contribution < -0.4 is 20.9 Å². The molecule has 1 fully saturated rings. The van der Waals surface area contributed by atoms with Crippen LogP contribution in [0, 0.1) is 5.92 Å². The summed E-state index contributed by atoms with van der Waals surface area (Å²) in [6.07, 6.45) is 3.91. The summed E-state index contributed by atoms with van der Waals surface area (Å²) in [5.74, 6) is 0.445. The highest BCUT2D eigenvalue weighted by Crippen LogP contribution is 2.14. The van der Waals surface area contributed by atoms with Crippen molar-refractivity contribution in [1.82, 2.24) is 15.2 Å². The minimum Gasteiger partial charge on any atom is -0.478 e. The summed E-state index contributed by atoms with van der Waals surface area (Å²) in [6, 6.07) is 3.38. The van der Waals surface area contributed by atoms with Crippen LogP contribution in [0.3, 0.4) is 0 Å². The third-order valence-corrected chi connectivity index (χ3v) is 3.89. The van der Waals surface area contributed by atoms with E-state index in [1.54, 1.807) is 30.0 Å². The molecule has 0 aliphatic carbocycles. The van der Waals surface area contributed by atoms with Gasteiger partial charge in [0.05, 0.1) is 6.61 Å². The van der Waals surface area contributed by atoms with E-state index in [1.165, 1.54) is 0 Å². The highest BCUT2D eigenvalue weighted by atomic mass is 16.5. The standard InChI is InChI=1S/C16H25N3O4/c1-22-10-8-18-15(20)12-23-14-3-2-9-19(16(14)21)11-13-4-6-17-7-5-13/h2-3,9,13,17H,4-8,10-12H2,1H3,(H,18,20). The fraction of sp³-hybridized carbons (Fsp3) is 0.625. The lowest BCUT2D eigenvalue weighted by Gasteiger charge is -2.23. The van der Waals surface area contributed by atoms with Gasteiger partial charge in [0, 0.05) is 26.4 Å². The molecular formula is C16H25N3O4. The molecule has 2 heterocycles. The monoisotopic (exact) mass is 323 g/mol. The van der Waals surface area contributed by atoms with Crippen LogP contribution in [0.1, 0.15) is 12.8 Å². The van der Waals surface area contributed by atoms with Gasteiger partial charge in [0.2, 0.25) is 0 Å². The van der Waals surface area contributed by atoms with Gasteiger partial charge in [-0.25, -0.2) is 0 Å². The van der Waals surface area contributed by atoms with Crippen LogP contribution in [0.25, 0.3) is 0 Å². The Morgan fingerprint density at radius 3 is 2.96 bits per heavy atom. The van der Waals surface area contributed by atoms with Crippen molar-refractivity contribution in [3.8, 4) is 5.75 Å². The molecule has 0 unspecified atom stereocenters. The van der Waals surface area contributed by atoms with Crippen molar-refractivity contribution < 1.29 is 14.3 Å². The number of methoxy groups -OCH3 is 1. The molecule has 1 aromatic rings. The van der Waals surface area contributed by atoms with Gasteiger partial charge in [-0.15, -0.1) is 0 Å². The van der Waals surface area contributed by atoms with Crippen LogP contribution in [-0.2, 0) is 16.1 Å². The minimum atomic E-state index is -0.268. The van der Waals surface area contributed by atoms with Gasteiger partial charge in [-0.3, -0.25) is 9.59 Å². The fourth-order valence-electron chi connectivity index (χ4n) is 2.60. The summed E-state index contributed by atoms with van der Waals surface area (Å²) in [7, 11) is 1.57. The number of piperidine rings is 1. The van der Waals surface area contributed by atoms with Crippen LogP contribution in [0.5, 0.6) is 5.75 Å². The molecule has 1 aliphatic rings. The van der Waals surface area contributed by atoms with E-state index in [0.717, 1.165) is 25.9 Å². The SMILES string of the molecule is COCCNC(=O)COc1cccn(CC2CCNCC2)c1=O. The lowest BCUT2D eigenvalue weighted by molar-refractivity contribution is -0.123. The smallest absolute Gasteiger partial charge is 0.292 e. The number of ether oxygens (including phenoxy) is 2. The van der Waals surface area contributed by atoms with Crippen LogP contribution in [0.2, 0.25) is 0 Å². The van der Waals surface area contributed by atoms with Gasteiger partial charge in [0.25, 0.3) is 11.5 Å². The first kappa shape index (κ1) is 17.5. The molecule has 1 aromatic heterocycles. The quantitative estimate of drug-likeness (QED) is 0.658. The zero-order valence-electron chi connectivity index (χ0n) is 13.5. The predicted molar refractivity (Wildman–Crippen MR) is 86.7 cm³/mol. The molecule has 0 aromatic carbocycles. The number of nitrogens with one attached hydrogen (secondary N) is 2. The summed E-state index contributed by atoms with van der Waals surface area (Å²) >= 11 is 0. The molecule has 2 N–H and O–H groups in total. The summed E-state index contributed by atoms with van der Waals surface area (Å²) in [5.41, 5.74) is -0.185. The van der Waals surface area contributed by atoms with Gasteiger partial charge in [0.1, 0.15) is 0 Å². The summed E-state index contributed by atoms with van der Waals surface area (Å²) < 4.78 is 11.9. The van der Waals surface area contributed by atoms with Crippen molar-refractivity contribution in [2.24, 2.45) is 5.92 Å². The first-order valence-electron chi connectivity index (χ1n) is 7.99. The van der Waals surface area contributed by atoms with E-state index in [-0.39, 0.29) is 23.8 Å². The van der Waals surface area contributed by atoms with E-state index in [1.807, 2.05) is 0 Å². The second-order valence-corrected chi connectivity index (χ2v) is 5.65. The van der Waals surface area contributed by atoms with E-state index in [9.17, 15) is 9.59 Å². The average Bonchev–Trinajstić information content (AvgIpc) is 2.57. The first-order valence-corrected chi connectivity index (χ1v) is 7.99. The van der Waals surface area contributed by atoms with Gasteiger partial charge >= 0.3 is 0 Å².